The third-order valence-corrected chi connectivity index (χ3v) is 9.65. The van der Waals surface area contributed by atoms with Crippen molar-refractivity contribution in [2.75, 3.05) is 19.8 Å². The minimum Gasteiger partial charge on any atom is -0.339 e. The number of sulfonamides is 1. The Labute approximate surface area is 220 Å². The van der Waals surface area contributed by atoms with Gasteiger partial charge in [-0.25, -0.2) is 13.4 Å². The maximum Gasteiger partial charge on any atom is 0.262 e. The number of amides is 1. The lowest BCUT2D eigenvalue weighted by atomic mass is 9.71. The molecule has 2 aliphatic rings. The summed E-state index contributed by atoms with van der Waals surface area (Å²) in [6, 6.07) is 13.2. The van der Waals surface area contributed by atoms with E-state index in [-0.39, 0.29) is 29.1 Å². The van der Waals surface area contributed by atoms with Crippen molar-refractivity contribution in [3.05, 3.63) is 81.7 Å². The molecule has 1 amide bonds. The number of carbonyl (C=O) groups is 1. The highest BCUT2D eigenvalue weighted by atomic mass is 35.5. The smallest absolute Gasteiger partial charge is 0.262 e. The van der Waals surface area contributed by atoms with Crippen molar-refractivity contribution in [2.24, 2.45) is 7.05 Å². The molecular formula is C25H27Cl2N5O3S. The van der Waals surface area contributed by atoms with Gasteiger partial charge in [0.1, 0.15) is 0 Å². The molecular weight excluding hydrogens is 521 g/mol. The maximum absolute atomic E-state index is 13.1. The molecule has 190 valence electrons. The van der Waals surface area contributed by atoms with Crippen LogP contribution in [0.4, 0.5) is 0 Å². The molecule has 1 saturated heterocycles. The number of aryl methyl sites for hydroxylation is 1. The molecule has 5 rings (SSSR count). The molecule has 1 spiro atoms. The van der Waals surface area contributed by atoms with Crippen LogP contribution < -0.4 is 10.6 Å². The van der Waals surface area contributed by atoms with Crippen LogP contribution in [0.3, 0.4) is 0 Å². The molecule has 1 atom stereocenters. The van der Waals surface area contributed by atoms with Crippen LogP contribution in [0.25, 0.3) is 0 Å². The number of hydrogen-bond acceptors (Lipinski definition) is 5. The molecule has 1 aliphatic heterocycles. The second-order valence-electron chi connectivity index (χ2n) is 9.36. The summed E-state index contributed by atoms with van der Waals surface area (Å²) < 4.78 is 29.4. The molecule has 1 aromatic heterocycles. The fourth-order valence-corrected chi connectivity index (χ4v) is 7.38. The lowest BCUT2D eigenvalue weighted by Gasteiger charge is -2.43. The number of halogens is 2. The zero-order valence-corrected chi connectivity index (χ0v) is 22.1. The zero-order chi connectivity index (χ0) is 25.5. The highest BCUT2D eigenvalue weighted by Crippen LogP contribution is 2.47. The van der Waals surface area contributed by atoms with Crippen molar-refractivity contribution in [1.29, 1.82) is 0 Å². The lowest BCUT2D eigenvalue weighted by molar-refractivity contribution is 0.0944. The van der Waals surface area contributed by atoms with Gasteiger partial charge in [0.15, 0.2) is 5.03 Å². The van der Waals surface area contributed by atoms with Crippen LogP contribution in [-0.2, 0) is 28.9 Å². The van der Waals surface area contributed by atoms with Crippen molar-refractivity contribution < 1.29 is 13.2 Å². The van der Waals surface area contributed by atoms with Crippen LogP contribution in [0.5, 0.6) is 0 Å². The summed E-state index contributed by atoms with van der Waals surface area (Å²) >= 11 is 12.1. The van der Waals surface area contributed by atoms with E-state index in [2.05, 4.69) is 27.8 Å². The van der Waals surface area contributed by atoms with Crippen LogP contribution in [0.1, 0.15) is 34.3 Å². The summed E-state index contributed by atoms with van der Waals surface area (Å²) in [5.41, 5.74) is 2.64. The first-order valence-corrected chi connectivity index (χ1v) is 13.9. The Balaban J connectivity index is 1.30. The molecule has 2 aromatic carbocycles. The first-order chi connectivity index (χ1) is 17.2. The monoisotopic (exact) mass is 547 g/mol. The number of piperidine rings is 1. The SMILES string of the molecule is Cn1cnc(S(=O)(=O)N2CCC3(CC2)c2ccccc2CC3NCNC(=O)c2ccc(Cl)cc2Cl)c1. The number of nitrogens with zero attached hydrogens (tertiary/aromatic N) is 3. The van der Waals surface area contributed by atoms with Gasteiger partial charge in [-0.2, -0.15) is 4.31 Å². The number of rotatable bonds is 6. The van der Waals surface area contributed by atoms with Gasteiger partial charge in [0.05, 0.1) is 23.6 Å². The summed E-state index contributed by atoms with van der Waals surface area (Å²) in [5, 5.41) is 7.26. The largest absolute Gasteiger partial charge is 0.339 e. The fourth-order valence-electron chi connectivity index (χ4n) is 5.48. The number of aromatic nitrogens is 2. The molecule has 2 N–H and O–H groups in total. The van der Waals surface area contributed by atoms with Crippen LogP contribution >= 0.6 is 23.2 Å². The van der Waals surface area contributed by atoms with Gasteiger partial charge >= 0.3 is 0 Å². The lowest BCUT2D eigenvalue weighted by Crippen LogP contribution is -2.55. The first kappa shape index (κ1) is 25.2. The summed E-state index contributed by atoms with van der Waals surface area (Å²) in [6.45, 7) is 1.06. The van der Waals surface area contributed by atoms with Crippen LogP contribution in [-0.4, -0.2) is 54.0 Å². The number of nitrogens with one attached hydrogen (secondary N) is 2. The second kappa shape index (κ2) is 9.79. The second-order valence-corrected chi connectivity index (χ2v) is 12.1. The third-order valence-electron chi connectivity index (χ3n) is 7.32. The summed E-state index contributed by atoms with van der Waals surface area (Å²) in [6.07, 6.45) is 5.18. The van der Waals surface area contributed by atoms with Gasteiger partial charge in [-0.3, -0.25) is 10.1 Å². The van der Waals surface area contributed by atoms with Crippen LogP contribution in [0.2, 0.25) is 10.0 Å². The van der Waals surface area contributed by atoms with E-state index in [1.807, 2.05) is 12.1 Å². The van der Waals surface area contributed by atoms with Crippen molar-refractivity contribution in [1.82, 2.24) is 24.5 Å². The number of benzene rings is 2. The fraction of sp³-hybridized carbons (Fsp3) is 0.360. The number of hydrogen-bond donors (Lipinski definition) is 2. The highest BCUT2D eigenvalue weighted by Gasteiger charge is 2.49. The topological polar surface area (TPSA) is 96.3 Å². The van der Waals surface area contributed by atoms with E-state index < -0.39 is 10.0 Å². The van der Waals surface area contributed by atoms with E-state index in [1.54, 1.807) is 29.8 Å². The number of imidazole rings is 1. The Bertz CT molecular complexity index is 1400. The quantitative estimate of drug-likeness (QED) is 0.461. The van der Waals surface area contributed by atoms with Crippen molar-refractivity contribution >= 4 is 39.1 Å². The Morgan fingerprint density at radius 3 is 2.61 bits per heavy atom. The minimum absolute atomic E-state index is 0.0515. The van der Waals surface area contributed by atoms with Gasteiger partial charge in [-0.05, 0) is 48.6 Å². The van der Waals surface area contributed by atoms with Gasteiger partial charge in [0.2, 0.25) is 0 Å². The van der Waals surface area contributed by atoms with Crippen molar-refractivity contribution in [3.8, 4) is 0 Å². The van der Waals surface area contributed by atoms with Crippen LogP contribution in [0.15, 0.2) is 60.0 Å². The Hall–Kier alpha value is -2.43. The summed E-state index contributed by atoms with van der Waals surface area (Å²) in [4.78, 5) is 16.7. The number of carbonyl (C=O) groups excluding carboxylic acids is 1. The molecule has 36 heavy (non-hydrogen) atoms. The molecule has 8 nitrogen and oxygen atoms in total. The van der Waals surface area contributed by atoms with E-state index in [1.165, 1.54) is 28.0 Å². The van der Waals surface area contributed by atoms with E-state index in [9.17, 15) is 13.2 Å². The molecule has 0 bridgehead atoms. The average molecular weight is 548 g/mol. The normalized spacial score (nSPS) is 19.4. The van der Waals surface area contributed by atoms with Gasteiger partial charge < -0.3 is 9.88 Å². The van der Waals surface area contributed by atoms with Gasteiger partial charge in [0, 0.05) is 42.8 Å². The minimum atomic E-state index is -3.65. The molecule has 0 radical (unpaired) electrons. The predicted octanol–water partition coefficient (Wildman–Crippen LogP) is 3.35. The Morgan fingerprint density at radius 1 is 1.17 bits per heavy atom. The molecule has 0 saturated carbocycles. The highest BCUT2D eigenvalue weighted by molar-refractivity contribution is 7.89. The molecule has 1 fully saturated rings. The van der Waals surface area contributed by atoms with E-state index in [0.29, 0.717) is 41.5 Å². The number of fused-ring (bicyclic) bond motifs is 2. The van der Waals surface area contributed by atoms with Gasteiger partial charge in [-0.15, -0.1) is 0 Å². The predicted molar refractivity (Wildman–Crippen MR) is 139 cm³/mol. The standard InChI is InChI=1S/C25H27Cl2N5O3S/c1-31-14-23(30-16-31)36(34,35)32-10-8-25(9-11-32)20-5-3-2-4-17(20)12-22(25)28-15-29-24(33)19-7-6-18(26)13-21(19)27/h2-7,13-14,16,22,28H,8-12,15H2,1H3,(H,29,33). The van der Waals surface area contributed by atoms with E-state index in [4.69, 9.17) is 23.2 Å². The van der Waals surface area contributed by atoms with Crippen molar-refractivity contribution in [3.63, 3.8) is 0 Å². The summed E-state index contributed by atoms with van der Waals surface area (Å²) in [7, 11) is -1.89. The third kappa shape index (κ3) is 4.54. The maximum atomic E-state index is 13.1. The summed E-state index contributed by atoms with van der Waals surface area (Å²) in [5.74, 6) is -0.287. The molecule has 11 heteroatoms. The van der Waals surface area contributed by atoms with Gasteiger partial charge in [0.25, 0.3) is 15.9 Å². The molecule has 1 aliphatic carbocycles. The first-order valence-electron chi connectivity index (χ1n) is 11.7. The van der Waals surface area contributed by atoms with Gasteiger partial charge in [-0.1, -0.05) is 47.5 Å². The average Bonchev–Trinajstić information content (AvgIpc) is 3.42. The molecule has 2 heterocycles. The Kier molecular flexibility index (Phi) is 6.86. The van der Waals surface area contributed by atoms with Crippen LogP contribution in [0, 0.1) is 0 Å². The van der Waals surface area contributed by atoms with E-state index >= 15 is 0 Å². The molecule has 3 aromatic rings. The zero-order valence-electron chi connectivity index (χ0n) is 19.7. The Morgan fingerprint density at radius 2 is 1.92 bits per heavy atom. The molecule has 1 unspecified atom stereocenters. The van der Waals surface area contributed by atoms with E-state index in [0.717, 1.165) is 6.42 Å². The van der Waals surface area contributed by atoms with Crippen molar-refractivity contribution in [2.45, 2.75) is 35.7 Å².